The Hall–Kier alpha value is -0.150. The molecule has 1 saturated heterocycles. The van der Waals surface area contributed by atoms with Crippen molar-refractivity contribution in [2.24, 2.45) is 0 Å². The summed E-state index contributed by atoms with van der Waals surface area (Å²) in [7, 11) is 2.09. The van der Waals surface area contributed by atoms with Crippen molar-refractivity contribution in [1.29, 1.82) is 0 Å². The monoisotopic (exact) mass is 146 g/mol. The Balaban J connectivity index is 2.06. The zero-order chi connectivity index (χ0) is 7.40. The van der Waals surface area contributed by atoms with E-state index in [0.29, 0.717) is 12.6 Å². The molecule has 0 unspecified atom stereocenters. The molecule has 0 bridgehead atoms. The molecule has 1 rings (SSSR count). The van der Waals surface area contributed by atoms with Crippen LogP contribution in [0.5, 0.6) is 0 Å². The Morgan fingerprint density at radius 3 is 3.00 bits per heavy atom. The summed E-state index contributed by atoms with van der Waals surface area (Å²) in [5.41, 5.74) is 0. The Bertz CT molecular complexity index is 97.6. The number of hydrogen-bond acceptors (Lipinski definition) is 2. The van der Waals surface area contributed by atoms with Gasteiger partial charge in [-0.05, 0) is 20.0 Å². The van der Waals surface area contributed by atoms with E-state index < -0.39 is 0 Å². The lowest BCUT2D eigenvalue weighted by molar-refractivity contribution is 0.387. The molecule has 0 saturated carbocycles. The van der Waals surface area contributed by atoms with Gasteiger partial charge in [0.05, 0.1) is 0 Å². The summed E-state index contributed by atoms with van der Waals surface area (Å²) in [5, 5.41) is 3.14. The minimum atomic E-state index is -0.250. The molecular formula is C7H15FN2. The SMILES string of the molecule is CN1CC[C@H](NCCF)C1. The Morgan fingerprint density at radius 1 is 1.70 bits per heavy atom. The van der Waals surface area contributed by atoms with E-state index in [9.17, 15) is 4.39 Å². The van der Waals surface area contributed by atoms with Crippen molar-refractivity contribution in [3.63, 3.8) is 0 Å². The highest BCUT2D eigenvalue weighted by molar-refractivity contribution is 4.78. The fraction of sp³-hybridized carbons (Fsp3) is 1.00. The summed E-state index contributed by atoms with van der Waals surface area (Å²) in [6.07, 6.45) is 1.16. The number of likely N-dealkylation sites (N-methyl/N-ethyl adjacent to an activating group) is 1. The molecule has 60 valence electrons. The van der Waals surface area contributed by atoms with Gasteiger partial charge in [-0.3, -0.25) is 0 Å². The maximum atomic E-state index is 11.7. The lowest BCUT2D eigenvalue weighted by Crippen LogP contribution is -2.32. The third-order valence-corrected chi connectivity index (χ3v) is 1.92. The first-order valence-corrected chi connectivity index (χ1v) is 3.81. The molecular weight excluding hydrogens is 131 g/mol. The van der Waals surface area contributed by atoms with Crippen LogP contribution >= 0.6 is 0 Å². The second-order valence-electron chi connectivity index (χ2n) is 2.89. The van der Waals surface area contributed by atoms with Gasteiger partial charge in [0.2, 0.25) is 0 Å². The van der Waals surface area contributed by atoms with Gasteiger partial charge < -0.3 is 10.2 Å². The van der Waals surface area contributed by atoms with E-state index in [1.54, 1.807) is 0 Å². The van der Waals surface area contributed by atoms with Crippen molar-refractivity contribution in [2.45, 2.75) is 12.5 Å². The van der Waals surface area contributed by atoms with Gasteiger partial charge in [0, 0.05) is 19.1 Å². The van der Waals surface area contributed by atoms with Crippen LogP contribution in [0.4, 0.5) is 4.39 Å². The number of hydrogen-bond donors (Lipinski definition) is 1. The molecule has 0 radical (unpaired) electrons. The summed E-state index contributed by atoms with van der Waals surface area (Å²) < 4.78 is 11.7. The van der Waals surface area contributed by atoms with E-state index in [1.165, 1.54) is 0 Å². The van der Waals surface area contributed by atoms with Crippen molar-refractivity contribution in [3.05, 3.63) is 0 Å². The van der Waals surface area contributed by atoms with Crippen LogP contribution in [0.1, 0.15) is 6.42 Å². The van der Waals surface area contributed by atoms with E-state index in [1.807, 2.05) is 0 Å². The zero-order valence-corrected chi connectivity index (χ0v) is 6.44. The smallest absolute Gasteiger partial charge is 0.102 e. The van der Waals surface area contributed by atoms with Crippen molar-refractivity contribution < 1.29 is 4.39 Å². The second kappa shape index (κ2) is 3.88. The van der Waals surface area contributed by atoms with E-state index >= 15 is 0 Å². The van der Waals surface area contributed by atoms with Gasteiger partial charge in [-0.25, -0.2) is 4.39 Å². The van der Waals surface area contributed by atoms with Crippen LogP contribution in [0.15, 0.2) is 0 Å². The van der Waals surface area contributed by atoms with Crippen LogP contribution in [0.3, 0.4) is 0 Å². The van der Waals surface area contributed by atoms with Crippen molar-refractivity contribution >= 4 is 0 Å². The molecule has 1 aliphatic heterocycles. The normalized spacial score (nSPS) is 27.6. The molecule has 0 aromatic carbocycles. The van der Waals surface area contributed by atoms with Crippen molar-refractivity contribution in [1.82, 2.24) is 10.2 Å². The minimum Gasteiger partial charge on any atom is -0.310 e. The van der Waals surface area contributed by atoms with Gasteiger partial charge in [-0.15, -0.1) is 0 Å². The molecule has 0 aliphatic carbocycles. The highest BCUT2D eigenvalue weighted by atomic mass is 19.1. The maximum Gasteiger partial charge on any atom is 0.102 e. The molecule has 0 amide bonds. The van der Waals surface area contributed by atoms with Crippen LogP contribution < -0.4 is 5.32 Å². The average Bonchev–Trinajstić information content (AvgIpc) is 2.31. The van der Waals surface area contributed by atoms with E-state index in [-0.39, 0.29) is 6.67 Å². The summed E-state index contributed by atoms with van der Waals surface area (Å²) in [4.78, 5) is 2.26. The van der Waals surface area contributed by atoms with Crippen LogP contribution in [-0.4, -0.2) is 44.3 Å². The standard InChI is InChI=1S/C7H15FN2/c1-10-5-2-7(6-10)9-4-3-8/h7,9H,2-6H2,1H3/t7-/m0/s1. The predicted octanol–water partition coefficient (Wildman–Crippen LogP) is 0.250. The third kappa shape index (κ3) is 2.23. The summed E-state index contributed by atoms with van der Waals surface area (Å²) in [6.45, 7) is 2.47. The highest BCUT2D eigenvalue weighted by Crippen LogP contribution is 2.04. The molecule has 10 heavy (non-hydrogen) atoms. The molecule has 1 atom stereocenters. The van der Waals surface area contributed by atoms with E-state index in [0.717, 1.165) is 19.5 Å². The fourth-order valence-corrected chi connectivity index (χ4v) is 1.36. The van der Waals surface area contributed by atoms with Crippen LogP contribution in [0.2, 0.25) is 0 Å². The average molecular weight is 146 g/mol. The van der Waals surface area contributed by atoms with Crippen LogP contribution in [0.25, 0.3) is 0 Å². The first-order valence-electron chi connectivity index (χ1n) is 3.81. The van der Waals surface area contributed by atoms with Crippen LogP contribution in [0, 0.1) is 0 Å². The summed E-state index contributed by atoms with van der Waals surface area (Å²) >= 11 is 0. The minimum absolute atomic E-state index is 0.250. The lowest BCUT2D eigenvalue weighted by Gasteiger charge is -2.10. The molecule has 0 aromatic heterocycles. The van der Waals surface area contributed by atoms with Crippen molar-refractivity contribution in [2.75, 3.05) is 33.4 Å². The summed E-state index contributed by atoms with van der Waals surface area (Å²) in [6, 6.07) is 0.528. The van der Waals surface area contributed by atoms with Gasteiger partial charge in [-0.2, -0.15) is 0 Å². The first kappa shape index (κ1) is 7.95. The topological polar surface area (TPSA) is 15.3 Å². The second-order valence-corrected chi connectivity index (χ2v) is 2.89. The first-order chi connectivity index (χ1) is 4.83. The van der Waals surface area contributed by atoms with Crippen molar-refractivity contribution in [3.8, 4) is 0 Å². The molecule has 1 fully saturated rings. The number of rotatable bonds is 3. The van der Waals surface area contributed by atoms with E-state index in [2.05, 4.69) is 17.3 Å². The molecule has 0 spiro atoms. The quantitative estimate of drug-likeness (QED) is 0.614. The Labute approximate surface area is 61.4 Å². The zero-order valence-electron chi connectivity index (χ0n) is 6.44. The number of nitrogens with zero attached hydrogens (tertiary/aromatic N) is 1. The Morgan fingerprint density at radius 2 is 2.50 bits per heavy atom. The van der Waals surface area contributed by atoms with Crippen LogP contribution in [-0.2, 0) is 0 Å². The maximum absolute atomic E-state index is 11.7. The molecule has 1 aliphatic rings. The number of nitrogens with one attached hydrogen (secondary N) is 1. The summed E-state index contributed by atoms with van der Waals surface area (Å²) in [5.74, 6) is 0. The fourth-order valence-electron chi connectivity index (χ4n) is 1.36. The molecule has 3 heteroatoms. The number of likely N-dealkylation sites (tertiary alicyclic amines) is 1. The van der Waals surface area contributed by atoms with Gasteiger partial charge in [0.25, 0.3) is 0 Å². The van der Waals surface area contributed by atoms with Gasteiger partial charge in [-0.1, -0.05) is 0 Å². The third-order valence-electron chi connectivity index (χ3n) is 1.92. The van der Waals surface area contributed by atoms with E-state index in [4.69, 9.17) is 0 Å². The van der Waals surface area contributed by atoms with Gasteiger partial charge in [0.1, 0.15) is 6.67 Å². The predicted molar refractivity (Wildman–Crippen MR) is 39.9 cm³/mol. The molecule has 1 N–H and O–H groups in total. The Kier molecular flexibility index (Phi) is 3.09. The van der Waals surface area contributed by atoms with Gasteiger partial charge >= 0.3 is 0 Å². The highest BCUT2D eigenvalue weighted by Gasteiger charge is 2.17. The number of alkyl halides is 1. The molecule has 2 nitrogen and oxygen atoms in total. The molecule has 0 aromatic rings. The largest absolute Gasteiger partial charge is 0.310 e. The lowest BCUT2D eigenvalue weighted by atomic mass is 10.3. The number of halogens is 1. The molecule has 1 heterocycles. The van der Waals surface area contributed by atoms with Gasteiger partial charge in [0.15, 0.2) is 0 Å².